The highest BCUT2D eigenvalue weighted by atomic mass is 16.1. The Kier molecular flexibility index (Phi) is 5.25. The first kappa shape index (κ1) is 14.6. The number of nitrogens with one attached hydrogen (secondary N) is 1. The van der Waals surface area contributed by atoms with Crippen molar-refractivity contribution in [1.82, 2.24) is 9.97 Å². The molecule has 1 rings (SSSR count). The maximum absolute atomic E-state index is 11.7. The molecule has 4 heteroatoms. The Bertz CT molecular complexity index is 396. The van der Waals surface area contributed by atoms with Gasteiger partial charge < -0.3 is 5.32 Å². The van der Waals surface area contributed by atoms with Crippen molar-refractivity contribution in [3.63, 3.8) is 0 Å². The Labute approximate surface area is 109 Å². The first-order chi connectivity index (χ1) is 8.43. The van der Waals surface area contributed by atoms with Crippen molar-refractivity contribution in [2.75, 3.05) is 5.32 Å². The molecule has 18 heavy (non-hydrogen) atoms. The van der Waals surface area contributed by atoms with Crippen LogP contribution in [-0.4, -0.2) is 15.9 Å². The molecule has 0 spiro atoms. The van der Waals surface area contributed by atoms with Gasteiger partial charge in [0, 0.05) is 18.0 Å². The molecule has 0 radical (unpaired) electrons. The van der Waals surface area contributed by atoms with Crippen LogP contribution in [0.2, 0.25) is 0 Å². The maximum Gasteiger partial charge on any atom is 0.225 e. The van der Waals surface area contributed by atoms with Gasteiger partial charge in [-0.3, -0.25) is 4.79 Å². The molecule has 0 aromatic carbocycles. The molecular formula is C14H23N3O. The average Bonchev–Trinajstić information content (AvgIpc) is 2.28. The molecule has 1 amide bonds. The van der Waals surface area contributed by atoms with Gasteiger partial charge in [0.2, 0.25) is 5.91 Å². The van der Waals surface area contributed by atoms with E-state index in [1.165, 1.54) is 0 Å². The largest absolute Gasteiger partial charge is 0.311 e. The first-order valence-corrected chi connectivity index (χ1v) is 6.57. The van der Waals surface area contributed by atoms with Crippen molar-refractivity contribution < 1.29 is 4.79 Å². The quantitative estimate of drug-likeness (QED) is 0.815. The Balaban J connectivity index is 2.60. The van der Waals surface area contributed by atoms with Crippen LogP contribution in [0, 0.1) is 0 Å². The molecule has 1 heterocycles. The number of hydrogen-bond donors (Lipinski definition) is 1. The predicted octanol–water partition coefficient (Wildman–Crippen LogP) is 3.29. The highest BCUT2D eigenvalue weighted by Crippen LogP contribution is 2.18. The molecule has 0 bridgehead atoms. The topological polar surface area (TPSA) is 54.9 Å². The second kappa shape index (κ2) is 6.47. The summed E-state index contributed by atoms with van der Waals surface area (Å²) in [6.07, 6.45) is 5.39. The van der Waals surface area contributed by atoms with Gasteiger partial charge in [-0.15, -0.1) is 0 Å². The molecule has 1 aromatic rings. The third kappa shape index (κ3) is 4.82. The van der Waals surface area contributed by atoms with Crippen molar-refractivity contribution in [1.29, 1.82) is 0 Å². The smallest absolute Gasteiger partial charge is 0.225 e. The molecule has 1 N–H and O–H groups in total. The van der Waals surface area contributed by atoms with Crippen LogP contribution in [-0.2, 0) is 10.2 Å². The Morgan fingerprint density at radius 1 is 1.33 bits per heavy atom. The maximum atomic E-state index is 11.7. The van der Waals surface area contributed by atoms with E-state index in [0.717, 1.165) is 25.1 Å². The Morgan fingerprint density at radius 3 is 2.67 bits per heavy atom. The number of carbonyl (C=O) groups is 1. The monoisotopic (exact) mass is 249 g/mol. The van der Waals surface area contributed by atoms with Crippen LogP contribution in [0.1, 0.15) is 59.2 Å². The summed E-state index contributed by atoms with van der Waals surface area (Å²) in [6.45, 7) is 8.28. The van der Waals surface area contributed by atoms with Crippen LogP contribution < -0.4 is 5.32 Å². The van der Waals surface area contributed by atoms with Crippen LogP contribution in [0.3, 0.4) is 0 Å². The predicted molar refractivity (Wildman–Crippen MR) is 73.5 cm³/mol. The second-order valence-electron chi connectivity index (χ2n) is 5.52. The molecule has 0 saturated heterocycles. The van der Waals surface area contributed by atoms with Gasteiger partial charge in [0.05, 0.1) is 0 Å². The lowest BCUT2D eigenvalue weighted by atomic mass is 9.96. The first-order valence-electron chi connectivity index (χ1n) is 6.57. The van der Waals surface area contributed by atoms with Crippen LogP contribution in [0.5, 0.6) is 0 Å². The zero-order chi connectivity index (χ0) is 13.6. The van der Waals surface area contributed by atoms with Crippen molar-refractivity contribution in [2.24, 2.45) is 0 Å². The van der Waals surface area contributed by atoms with Crippen molar-refractivity contribution >= 4 is 11.7 Å². The minimum atomic E-state index is -0.108. The van der Waals surface area contributed by atoms with Gasteiger partial charge in [0.1, 0.15) is 11.6 Å². The summed E-state index contributed by atoms with van der Waals surface area (Å²) in [5, 5.41) is 2.82. The van der Waals surface area contributed by atoms with E-state index in [2.05, 4.69) is 43.0 Å². The summed E-state index contributed by atoms with van der Waals surface area (Å²) in [6, 6.07) is 1.73. The van der Waals surface area contributed by atoms with Gasteiger partial charge >= 0.3 is 0 Å². The van der Waals surface area contributed by atoms with Gasteiger partial charge in [-0.2, -0.15) is 0 Å². The lowest BCUT2D eigenvalue weighted by Crippen LogP contribution is -2.18. The van der Waals surface area contributed by atoms with Gasteiger partial charge in [-0.25, -0.2) is 9.97 Å². The Morgan fingerprint density at radius 2 is 2.06 bits per heavy atom. The standard InChI is InChI=1S/C14H23N3O/c1-5-6-7-8-12(18)16-11-9-10-15-13(17-11)14(2,3)4/h9-10H,5-8H2,1-4H3,(H,15,16,17,18). The molecule has 0 fully saturated rings. The number of aromatic nitrogens is 2. The molecule has 1 aromatic heterocycles. The van der Waals surface area contributed by atoms with E-state index in [1.807, 2.05) is 0 Å². The second-order valence-corrected chi connectivity index (χ2v) is 5.52. The van der Waals surface area contributed by atoms with Crippen LogP contribution in [0.25, 0.3) is 0 Å². The van der Waals surface area contributed by atoms with Crippen molar-refractivity contribution in [2.45, 2.75) is 58.8 Å². The minimum Gasteiger partial charge on any atom is -0.311 e. The van der Waals surface area contributed by atoms with Crippen LogP contribution in [0.4, 0.5) is 5.82 Å². The van der Waals surface area contributed by atoms with E-state index < -0.39 is 0 Å². The van der Waals surface area contributed by atoms with E-state index in [0.29, 0.717) is 12.2 Å². The fraction of sp³-hybridized carbons (Fsp3) is 0.643. The molecule has 100 valence electrons. The number of nitrogens with zero attached hydrogens (tertiary/aromatic N) is 2. The number of rotatable bonds is 5. The average molecular weight is 249 g/mol. The highest BCUT2D eigenvalue weighted by molar-refractivity contribution is 5.89. The number of anilines is 1. The van der Waals surface area contributed by atoms with Crippen molar-refractivity contribution in [3.05, 3.63) is 18.1 Å². The van der Waals surface area contributed by atoms with Gasteiger partial charge in [-0.1, -0.05) is 40.5 Å². The van der Waals surface area contributed by atoms with Gasteiger partial charge in [0.25, 0.3) is 0 Å². The van der Waals surface area contributed by atoms with E-state index in [-0.39, 0.29) is 11.3 Å². The normalized spacial score (nSPS) is 11.3. The summed E-state index contributed by atoms with van der Waals surface area (Å²) in [7, 11) is 0. The molecule has 0 saturated carbocycles. The third-order valence-corrected chi connectivity index (χ3v) is 2.60. The fourth-order valence-electron chi connectivity index (χ4n) is 1.53. The summed E-state index contributed by atoms with van der Waals surface area (Å²) in [4.78, 5) is 20.3. The fourth-order valence-corrected chi connectivity index (χ4v) is 1.53. The van der Waals surface area contributed by atoms with Crippen molar-refractivity contribution in [3.8, 4) is 0 Å². The SMILES string of the molecule is CCCCCC(=O)Nc1ccnc(C(C)(C)C)n1. The molecule has 0 unspecified atom stereocenters. The molecule has 0 aliphatic heterocycles. The van der Waals surface area contributed by atoms with E-state index >= 15 is 0 Å². The summed E-state index contributed by atoms with van der Waals surface area (Å²) in [5.41, 5.74) is -0.108. The van der Waals surface area contributed by atoms with Crippen LogP contribution in [0.15, 0.2) is 12.3 Å². The molecule has 0 aliphatic rings. The molecular weight excluding hydrogens is 226 g/mol. The molecule has 0 aliphatic carbocycles. The summed E-state index contributed by atoms with van der Waals surface area (Å²) >= 11 is 0. The number of amides is 1. The third-order valence-electron chi connectivity index (χ3n) is 2.60. The lowest BCUT2D eigenvalue weighted by Gasteiger charge is -2.16. The molecule has 0 atom stereocenters. The summed E-state index contributed by atoms with van der Waals surface area (Å²) < 4.78 is 0. The number of unbranched alkanes of at least 4 members (excludes halogenated alkanes) is 2. The van der Waals surface area contributed by atoms with E-state index in [9.17, 15) is 4.79 Å². The highest BCUT2D eigenvalue weighted by Gasteiger charge is 2.17. The van der Waals surface area contributed by atoms with Gasteiger partial charge in [-0.05, 0) is 12.5 Å². The van der Waals surface area contributed by atoms with E-state index in [1.54, 1.807) is 12.3 Å². The van der Waals surface area contributed by atoms with E-state index in [4.69, 9.17) is 0 Å². The lowest BCUT2D eigenvalue weighted by molar-refractivity contribution is -0.116. The number of hydrogen-bond acceptors (Lipinski definition) is 3. The number of carbonyl (C=O) groups excluding carboxylic acids is 1. The minimum absolute atomic E-state index is 0.0296. The zero-order valence-electron chi connectivity index (χ0n) is 11.8. The Hall–Kier alpha value is -1.45. The van der Waals surface area contributed by atoms with Crippen LogP contribution >= 0.6 is 0 Å². The summed E-state index contributed by atoms with van der Waals surface area (Å²) in [5.74, 6) is 1.37. The zero-order valence-corrected chi connectivity index (χ0v) is 11.8. The molecule has 4 nitrogen and oxygen atoms in total. The van der Waals surface area contributed by atoms with Gasteiger partial charge in [0.15, 0.2) is 0 Å².